The molecule has 2 saturated carbocycles. The molecular weight excluding hydrogens is 660 g/mol. The fraction of sp³-hybridized carbons (Fsp3) is 0.378. The number of ketones is 1. The van der Waals surface area contributed by atoms with Gasteiger partial charge in [0.2, 0.25) is 27.6 Å². The van der Waals surface area contributed by atoms with E-state index in [0.717, 1.165) is 5.56 Å². The molecule has 0 unspecified atom stereocenters. The van der Waals surface area contributed by atoms with Crippen LogP contribution in [-0.4, -0.2) is 78.4 Å². The molecule has 4 atom stereocenters. The number of amides is 3. The van der Waals surface area contributed by atoms with Crippen LogP contribution in [-0.2, 0) is 29.2 Å². The molecule has 6 rings (SSSR count). The lowest BCUT2D eigenvalue weighted by Crippen LogP contribution is -2.56. The van der Waals surface area contributed by atoms with Crippen LogP contribution in [0.5, 0.6) is 11.5 Å². The summed E-state index contributed by atoms with van der Waals surface area (Å²) in [5, 5.41) is 2.83. The standard InChI is InChI=1S/C37H38N4O8S/c1-4-9-25(42)12-17-34(43)41-22-27(19-32(41)35(44)39-37(21-24(37)5-2)36(45)40-50(46,47)28-14-15-28)49-33-20-30(23-10-7-6-8-11-23)38-31-18-26(48-3)13-16-29(31)33/h5-8,10-11,13,16,18,20,24,27-28,32H,2,12,14-15,17,19,21-22H2,1,3H3,(H,39,44)(H,40,45)/t24-,27-,32+,37-/m1/s1. The van der Waals surface area contributed by atoms with E-state index in [1.807, 2.05) is 42.5 Å². The first-order valence-electron chi connectivity index (χ1n) is 16.4. The van der Waals surface area contributed by atoms with E-state index in [1.54, 1.807) is 19.2 Å². The van der Waals surface area contributed by atoms with E-state index in [1.165, 1.54) is 17.9 Å². The summed E-state index contributed by atoms with van der Waals surface area (Å²) in [7, 11) is -2.31. The zero-order chi connectivity index (χ0) is 35.6. The number of benzene rings is 2. The Labute approximate surface area is 290 Å². The number of nitrogens with one attached hydrogen (secondary N) is 2. The molecule has 2 aliphatic carbocycles. The molecule has 1 saturated heterocycles. The lowest BCUT2D eigenvalue weighted by atomic mass is 10.1. The van der Waals surface area contributed by atoms with Gasteiger partial charge in [-0.25, -0.2) is 13.4 Å². The van der Waals surface area contributed by atoms with Gasteiger partial charge in [0, 0.05) is 48.3 Å². The summed E-state index contributed by atoms with van der Waals surface area (Å²) in [6.45, 7) is 5.30. The van der Waals surface area contributed by atoms with Crippen LogP contribution in [0.15, 0.2) is 67.3 Å². The Balaban J connectivity index is 1.28. The number of aromatic nitrogens is 1. The van der Waals surface area contributed by atoms with Crippen molar-refractivity contribution < 1.29 is 37.1 Å². The zero-order valence-electron chi connectivity index (χ0n) is 27.8. The largest absolute Gasteiger partial charge is 0.497 e. The topological polar surface area (TPSA) is 161 Å². The van der Waals surface area contributed by atoms with Gasteiger partial charge in [-0.2, -0.15) is 0 Å². The Morgan fingerprint density at radius 3 is 2.52 bits per heavy atom. The van der Waals surface area contributed by atoms with Crippen molar-refractivity contribution in [1.29, 1.82) is 0 Å². The van der Waals surface area contributed by atoms with Gasteiger partial charge in [0.25, 0.3) is 5.91 Å². The summed E-state index contributed by atoms with van der Waals surface area (Å²) in [5.41, 5.74) is 0.604. The lowest BCUT2D eigenvalue weighted by molar-refractivity contribution is -0.140. The number of carbonyl (C=O) groups excluding carboxylic acids is 4. The monoisotopic (exact) mass is 698 g/mol. The van der Waals surface area contributed by atoms with Crippen LogP contribution >= 0.6 is 0 Å². The number of hydrogen-bond donors (Lipinski definition) is 2. The first-order valence-corrected chi connectivity index (χ1v) is 18.0. The Morgan fingerprint density at radius 2 is 1.86 bits per heavy atom. The van der Waals surface area contributed by atoms with Gasteiger partial charge in [-0.3, -0.25) is 23.9 Å². The number of nitrogens with zero attached hydrogens (tertiary/aromatic N) is 2. The van der Waals surface area contributed by atoms with E-state index in [0.29, 0.717) is 40.9 Å². The number of pyridine rings is 1. The van der Waals surface area contributed by atoms with Crippen molar-refractivity contribution >= 4 is 44.4 Å². The van der Waals surface area contributed by atoms with Crippen molar-refractivity contribution in [1.82, 2.24) is 19.9 Å². The van der Waals surface area contributed by atoms with Gasteiger partial charge in [-0.05, 0) is 44.2 Å². The summed E-state index contributed by atoms with van der Waals surface area (Å²) >= 11 is 0. The molecule has 2 aromatic carbocycles. The van der Waals surface area contributed by atoms with Crippen LogP contribution < -0.4 is 19.5 Å². The molecule has 260 valence electrons. The molecule has 0 spiro atoms. The second-order valence-electron chi connectivity index (χ2n) is 12.8. The third-order valence-electron chi connectivity index (χ3n) is 9.31. The van der Waals surface area contributed by atoms with Crippen LogP contribution in [0.3, 0.4) is 0 Å². The van der Waals surface area contributed by atoms with E-state index >= 15 is 0 Å². The number of methoxy groups -OCH3 is 1. The van der Waals surface area contributed by atoms with E-state index in [-0.39, 0.29) is 32.2 Å². The van der Waals surface area contributed by atoms with Gasteiger partial charge in [0.1, 0.15) is 29.2 Å². The zero-order valence-corrected chi connectivity index (χ0v) is 28.6. The van der Waals surface area contributed by atoms with E-state index in [2.05, 4.69) is 28.5 Å². The average molecular weight is 699 g/mol. The highest BCUT2D eigenvalue weighted by Crippen LogP contribution is 2.45. The SMILES string of the molecule is C=C[C@@H]1C[C@]1(NC(=O)[C@@H]1C[C@@H](Oc2cc(-c3ccccc3)nc3cc(OC)ccc23)CN1C(=O)CCC(=O)C#CC)C(=O)NS(=O)(=O)C1CC1. The summed E-state index contributed by atoms with van der Waals surface area (Å²) in [4.78, 5) is 59.3. The van der Waals surface area contributed by atoms with Crippen molar-refractivity contribution in [2.24, 2.45) is 5.92 Å². The Morgan fingerprint density at radius 1 is 1.10 bits per heavy atom. The minimum atomic E-state index is -3.88. The minimum Gasteiger partial charge on any atom is -0.497 e. The van der Waals surface area contributed by atoms with Crippen LogP contribution in [0.4, 0.5) is 0 Å². The first-order chi connectivity index (χ1) is 24.0. The number of hydrogen-bond acceptors (Lipinski definition) is 9. The first kappa shape index (κ1) is 34.6. The van der Waals surface area contributed by atoms with Crippen LogP contribution in [0.25, 0.3) is 22.2 Å². The van der Waals surface area contributed by atoms with Crippen LogP contribution in [0.2, 0.25) is 0 Å². The quantitative estimate of drug-likeness (QED) is 0.155. The predicted molar refractivity (Wildman–Crippen MR) is 185 cm³/mol. The maximum Gasteiger partial charge on any atom is 0.259 e. The molecule has 3 aromatic rings. The van der Waals surface area contributed by atoms with Crippen LogP contribution in [0, 0.1) is 17.8 Å². The molecule has 0 radical (unpaired) electrons. The van der Waals surface area contributed by atoms with Gasteiger partial charge < -0.3 is 19.7 Å². The van der Waals surface area contributed by atoms with Crippen LogP contribution in [0.1, 0.15) is 45.4 Å². The highest BCUT2D eigenvalue weighted by molar-refractivity contribution is 7.91. The second kappa shape index (κ2) is 14.0. The fourth-order valence-electron chi connectivity index (χ4n) is 6.33. The van der Waals surface area contributed by atoms with Crippen molar-refractivity contribution in [3.63, 3.8) is 0 Å². The Kier molecular flexibility index (Phi) is 9.67. The number of rotatable bonds is 13. The van der Waals surface area contributed by atoms with Crippen molar-refractivity contribution in [3.8, 4) is 34.6 Å². The van der Waals surface area contributed by atoms with E-state index in [4.69, 9.17) is 14.5 Å². The van der Waals surface area contributed by atoms with Gasteiger partial charge in [-0.1, -0.05) is 42.3 Å². The van der Waals surface area contributed by atoms with Gasteiger partial charge in [0.15, 0.2) is 0 Å². The van der Waals surface area contributed by atoms with Crippen molar-refractivity contribution in [2.45, 2.75) is 68.4 Å². The molecule has 50 heavy (non-hydrogen) atoms. The van der Waals surface area contributed by atoms with E-state index < -0.39 is 62.4 Å². The molecule has 1 aromatic heterocycles. The molecule has 2 N–H and O–H groups in total. The molecule has 13 heteroatoms. The van der Waals surface area contributed by atoms with E-state index in [9.17, 15) is 27.6 Å². The normalized spacial score (nSPS) is 22.5. The smallest absolute Gasteiger partial charge is 0.259 e. The number of fused-ring (bicyclic) bond motifs is 1. The predicted octanol–water partition coefficient (Wildman–Crippen LogP) is 3.30. The van der Waals surface area contributed by atoms with Crippen molar-refractivity contribution in [3.05, 3.63) is 67.3 Å². The summed E-state index contributed by atoms with van der Waals surface area (Å²) in [5.74, 6) is 3.22. The fourth-order valence-corrected chi connectivity index (χ4v) is 7.69. The highest BCUT2D eigenvalue weighted by atomic mass is 32.2. The number of Topliss-reactive ketones (excluding diaryl/α,β-unsaturated/α-hetero) is 1. The maximum atomic E-state index is 14.0. The maximum absolute atomic E-state index is 14.0. The molecule has 0 bridgehead atoms. The molecule has 3 amide bonds. The Hall–Kier alpha value is -5.22. The summed E-state index contributed by atoms with van der Waals surface area (Å²) in [6, 6.07) is 15.7. The number of likely N-dealkylation sites (tertiary alicyclic amines) is 1. The summed E-state index contributed by atoms with van der Waals surface area (Å²) in [6.07, 6.45) is 1.69. The highest BCUT2D eigenvalue weighted by Gasteiger charge is 2.61. The van der Waals surface area contributed by atoms with Gasteiger partial charge in [-0.15, -0.1) is 6.58 Å². The van der Waals surface area contributed by atoms with Gasteiger partial charge >= 0.3 is 0 Å². The molecule has 3 aliphatic rings. The molecule has 2 heterocycles. The summed E-state index contributed by atoms with van der Waals surface area (Å²) < 4.78 is 39.3. The lowest BCUT2D eigenvalue weighted by Gasteiger charge is -2.26. The molecule has 1 aliphatic heterocycles. The molecule has 3 fully saturated rings. The van der Waals surface area contributed by atoms with Crippen molar-refractivity contribution in [2.75, 3.05) is 13.7 Å². The number of sulfonamides is 1. The minimum absolute atomic E-state index is 0.0192. The molecule has 12 nitrogen and oxygen atoms in total. The number of carbonyl (C=O) groups is 4. The third kappa shape index (κ3) is 7.21. The Bertz CT molecular complexity index is 2040. The third-order valence-corrected chi connectivity index (χ3v) is 11.1. The molecular formula is C37H38N4O8S. The average Bonchev–Trinajstić information content (AvgIpc) is 4.04. The van der Waals surface area contributed by atoms with Gasteiger partial charge in [0.05, 0.1) is 30.1 Å². The second-order valence-corrected chi connectivity index (χ2v) is 14.7. The number of ether oxygens (including phenoxy) is 2.